The van der Waals surface area contributed by atoms with Crippen LogP contribution >= 0.6 is 0 Å². The third-order valence-corrected chi connectivity index (χ3v) is 11.2. The van der Waals surface area contributed by atoms with Gasteiger partial charge in [0.15, 0.2) is 0 Å². The van der Waals surface area contributed by atoms with Gasteiger partial charge in [-0.25, -0.2) is 9.59 Å². The van der Waals surface area contributed by atoms with E-state index in [2.05, 4.69) is 52.9 Å². The lowest BCUT2D eigenvalue weighted by molar-refractivity contribution is -0.145. The summed E-state index contributed by atoms with van der Waals surface area (Å²) in [5.41, 5.74) is -1.36. The van der Waals surface area contributed by atoms with E-state index in [1.54, 1.807) is 11.8 Å². The quantitative estimate of drug-likeness (QED) is 0.0926. The van der Waals surface area contributed by atoms with Crippen molar-refractivity contribution in [2.75, 3.05) is 26.2 Å². The Morgan fingerprint density at radius 1 is 1.04 bits per heavy atom. The highest BCUT2D eigenvalue weighted by atomic mass is 16.5. The molecule has 0 bridgehead atoms. The molecule has 3 aliphatic rings. The minimum atomic E-state index is -1.17. The van der Waals surface area contributed by atoms with Crippen molar-refractivity contribution in [3.8, 4) is 12.3 Å². The van der Waals surface area contributed by atoms with Gasteiger partial charge in [-0.15, -0.1) is 18.9 Å². The average Bonchev–Trinajstić information content (AvgIpc) is 3.70. The van der Waals surface area contributed by atoms with E-state index in [0.717, 1.165) is 25.7 Å². The Labute approximate surface area is 303 Å². The van der Waals surface area contributed by atoms with Gasteiger partial charge in [-0.3, -0.25) is 19.2 Å². The Morgan fingerprint density at radius 3 is 2.27 bits per heavy atom. The van der Waals surface area contributed by atoms with E-state index in [4.69, 9.17) is 11.2 Å². The number of hydrogen-bond acceptors (Lipinski definition) is 7. The van der Waals surface area contributed by atoms with Crippen molar-refractivity contribution < 1.29 is 33.5 Å². The molecule has 2 saturated carbocycles. The summed E-state index contributed by atoms with van der Waals surface area (Å²) in [4.78, 5) is 82.2. The second kappa shape index (κ2) is 17.4. The molecule has 1 aliphatic heterocycles. The zero-order chi connectivity index (χ0) is 38.1. The van der Waals surface area contributed by atoms with Crippen LogP contribution < -0.4 is 26.6 Å². The minimum Gasteiger partial charge on any atom is -0.447 e. The van der Waals surface area contributed by atoms with Gasteiger partial charge in [0.25, 0.3) is 5.91 Å². The van der Waals surface area contributed by atoms with Gasteiger partial charge in [-0.2, -0.15) is 0 Å². The molecule has 51 heavy (non-hydrogen) atoms. The van der Waals surface area contributed by atoms with Crippen molar-refractivity contribution >= 4 is 35.6 Å². The number of terminal acetylenes is 1. The third-order valence-electron chi connectivity index (χ3n) is 11.2. The largest absolute Gasteiger partial charge is 0.447 e. The van der Waals surface area contributed by atoms with E-state index >= 15 is 0 Å². The predicted octanol–water partition coefficient (Wildman–Crippen LogP) is 3.43. The molecule has 0 radical (unpaired) electrons. The molecule has 2 aliphatic carbocycles. The van der Waals surface area contributed by atoms with Crippen LogP contribution in [-0.2, 0) is 23.9 Å². The summed E-state index contributed by atoms with van der Waals surface area (Å²) < 4.78 is 5.36. The summed E-state index contributed by atoms with van der Waals surface area (Å²) in [6.07, 6.45) is 11.5. The second-order valence-electron chi connectivity index (χ2n) is 16.1. The van der Waals surface area contributed by atoms with Crippen LogP contribution in [0.3, 0.4) is 0 Å². The number of amides is 6. The van der Waals surface area contributed by atoms with Crippen LogP contribution in [0.15, 0.2) is 12.7 Å². The van der Waals surface area contributed by atoms with E-state index in [0.29, 0.717) is 25.9 Å². The lowest BCUT2D eigenvalue weighted by Crippen LogP contribution is -2.63. The number of Topliss-reactive ketones (excluding diaryl/α,β-unsaturated/α-hetero) is 1. The maximum absolute atomic E-state index is 14.9. The molecule has 3 rings (SSSR count). The summed E-state index contributed by atoms with van der Waals surface area (Å²) in [7, 11) is 0. The molecular formula is C38H60N6O7. The molecule has 13 heteroatoms. The molecule has 4 unspecified atom stereocenters. The van der Waals surface area contributed by atoms with Crippen LogP contribution in [0.2, 0.25) is 0 Å². The minimum absolute atomic E-state index is 0.0599. The normalized spacial score (nSPS) is 23.7. The van der Waals surface area contributed by atoms with Crippen LogP contribution in [0.1, 0.15) is 99.8 Å². The van der Waals surface area contributed by atoms with Gasteiger partial charge in [0.2, 0.25) is 17.6 Å². The fourth-order valence-electron chi connectivity index (χ4n) is 7.68. The molecule has 5 N–H and O–H groups in total. The monoisotopic (exact) mass is 712 g/mol. The number of nitrogens with one attached hydrogen (secondary N) is 5. The maximum atomic E-state index is 14.9. The first-order valence-corrected chi connectivity index (χ1v) is 18.4. The molecule has 284 valence electrons. The number of fused-ring (bicyclic) bond motifs is 1. The van der Waals surface area contributed by atoms with Gasteiger partial charge >= 0.3 is 12.1 Å². The molecule has 1 saturated heterocycles. The number of urea groups is 1. The third kappa shape index (κ3) is 10.0. The summed E-state index contributed by atoms with van der Waals surface area (Å²) in [6, 6.07) is -4.17. The van der Waals surface area contributed by atoms with Crippen molar-refractivity contribution in [2.45, 2.75) is 124 Å². The van der Waals surface area contributed by atoms with Crippen LogP contribution in [0.5, 0.6) is 0 Å². The highest BCUT2D eigenvalue weighted by Crippen LogP contribution is 2.65. The predicted molar refractivity (Wildman–Crippen MR) is 194 cm³/mol. The summed E-state index contributed by atoms with van der Waals surface area (Å²) >= 11 is 0. The highest BCUT2D eigenvalue weighted by Gasteiger charge is 2.69. The lowest BCUT2D eigenvalue weighted by atomic mass is 9.70. The SMILES string of the molecule is C#CCCC(NC(=O)C1[C@H]2CC2(C(C)C)CN1C(=O)C(NC(=O)N[C@H](COC(=O)NCC)C(C)(C)C)C1(C)CCCCC1)C(=O)C(=O)NCC=C. The van der Waals surface area contributed by atoms with Crippen molar-refractivity contribution in [1.82, 2.24) is 31.5 Å². The van der Waals surface area contributed by atoms with Gasteiger partial charge in [0.1, 0.15) is 18.7 Å². The number of carbonyl (C=O) groups is 6. The van der Waals surface area contributed by atoms with Crippen LogP contribution in [0.4, 0.5) is 9.59 Å². The van der Waals surface area contributed by atoms with E-state index in [-0.39, 0.29) is 49.2 Å². The number of nitrogens with zero attached hydrogens (tertiary/aromatic N) is 1. The van der Waals surface area contributed by atoms with Crippen LogP contribution in [0, 0.1) is 40.4 Å². The van der Waals surface area contributed by atoms with Crippen molar-refractivity contribution in [3.63, 3.8) is 0 Å². The first kappa shape index (κ1) is 41.3. The second-order valence-corrected chi connectivity index (χ2v) is 16.1. The molecule has 6 amide bonds. The standard InChI is InChI=1S/C38H60N6O7/c1-10-13-17-26(29(45)32(47)40-20-11-2)41-31(46)28-25-21-38(25,24(4)5)23-44(28)33(48)30(37(9)18-15-14-16-19-37)43-34(49)42-27(36(6,7)8)22-51-35(50)39-12-3/h1,11,24-28,30H,2,12-23H2,3-9H3,(H,39,50)(H,40,47)(H,41,46)(H2,42,43,49)/t25-,26?,27-,28?,30?,38?/m1/s1. The molecular weight excluding hydrogens is 652 g/mol. The van der Waals surface area contributed by atoms with E-state index in [1.165, 1.54) is 6.08 Å². The molecule has 1 heterocycles. The van der Waals surface area contributed by atoms with Crippen LogP contribution in [-0.4, -0.2) is 90.9 Å². The zero-order valence-corrected chi connectivity index (χ0v) is 31.6. The topological polar surface area (TPSA) is 175 Å². The lowest BCUT2D eigenvalue weighted by Gasteiger charge is -2.43. The first-order chi connectivity index (χ1) is 23.9. The first-order valence-electron chi connectivity index (χ1n) is 18.4. The Hall–Kier alpha value is -4.08. The zero-order valence-electron chi connectivity index (χ0n) is 31.6. The number of ketones is 1. The van der Waals surface area contributed by atoms with E-state index < -0.39 is 64.7 Å². The highest BCUT2D eigenvalue weighted by molar-refractivity contribution is 6.38. The fourth-order valence-corrected chi connectivity index (χ4v) is 7.68. The van der Waals surface area contributed by atoms with Gasteiger partial charge in [-0.05, 0) is 60.7 Å². The van der Waals surface area contributed by atoms with Gasteiger partial charge in [-0.1, -0.05) is 66.9 Å². The summed E-state index contributed by atoms with van der Waals surface area (Å²) in [6.45, 7) is 18.0. The average molecular weight is 713 g/mol. The van der Waals surface area contributed by atoms with Crippen LogP contribution in [0.25, 0.3) is 0 Å². The number of rotatable bonds is 16. The van der Waals surface area contributed by atoms with Crippen molar-refractivity contribution in [3.05, 3.63) is 12.7 Å². The summed E-state index contributed by atoms with van der Waals surface area (Å²) in [5, 5.41) is 13.8. The number of hydrogen-bond donors (Lipinski definition) is 5. The summed E-state index contributed by atoms with van der Waals surface area (Å²) in [5.74, 6) is -0.0736. The number of alkyl carbamates (subject to hydrolysis) is 1. The molecule has 0 aromatic heterocycles. The maximum Gasteiger partial charge on any atom is 0.407 e. The van der Waals surface area contributed by atoms with Gasteiger partial charge in [0, 0.05) is 26.1 Å². The van der Waals surface area contributed by atoms with E-state index in [1.807, 2.05) is 27.7 Å². The molecule has 0 spiro atoms. The molecule has 13 nitrogen and oxygen atoms in total. The van der Waals surface area contributed by atoms with E-state index in [9.17, 15) is 28.8 Å². The molecule has 6 atom stereocenters. The Bertz CT molecular complexity index is 1360. The Balaban J connectivity index is 1.92. The molecule has 3 fully saturated rings. The van der Waals surface area contributed by atoms with Crippen molar-refractivity contribution in [2.24, 2.45) is 28.1 Å². The number of ether oxygens (including phenoxy) is 1. The number of piperidine rings is 1. The van der Waals surface area contributed by atoms with Gasteiger partial charge in [0.05, 0.1) is 12.1 Å². The molecule has 0 aromatic rings. The Morgan fingerprint density at radius 2 is 1.71 bits per heavy atom. The number of carbonyl (C=O) groups excluding carboxylic acids is 6. The van der Waals surface area contributed by atoms with Crippen molar-refractivity contribution in [1.29, 1.82) is 0 Å². The Kier molecular flexibility index (Phi) is 14.1. The fraction of sp³-hybridized carbons (Fsp3) is 0.737. The number of likely N-dealkylation sites (tertiary alicyclic amines) is 1. The van der Waals surface area contributed by atoms with Gasteiger partial charge < -0.3 is 36.2 Å². The smallest absolute Gasteiger partial charge is 0.407 e. The molecule has 0 aromatic carbocycles.